The van der Waals surface area contributed by atoms with Crippen LogP contribution in [0.4, 0.5) is 18.0 Å². The Hall–Kier alpha value is -1.02. The van der Waals surface area contributed by atoms with Gasteiger partial charge < -0.3 is 20.1 Å². The van der Waals surface area contributed by atoms with Crippen molar-refractivity contribution in [3.63, 3.8) is 0 Å². The molecular weight excluding hydrogens is 325 g/mol. The van der Waals surface area contributed by atoms with E-state index < -0.39 is 30.0 Å². The van der Waals surface area contributed by atoms with Crippen LogP contribution in [-0.2, 0) is 4.74 Å². The van der Waals surface area contributed by atoms with Crippen LogP contribution >= 0.6 is 0 Å². The first kappa shape index (κ1) is 25.2. The fourth-order valence-corrected chi connectivity index (χ4v) is 1.90. The molecule has 0 saturated carbocycles. The number of ether oxygens (including phenoxy) is 1. The van der Waals surface area contributed by atoms with Crippen molar-refractivity contribution < 1.29 is 27.8 Å². The van der Waals surface area contributed by atoms with Gasteiger partial charge in [0.1, 0.15) is 5.60 Å². The number of piperazine rings is 1. The van der Waals surface area contributed by atoms with Crippen LogP contribution in [0.15, 0.2) is 0 Å². The number of hydrogen-bond acceptors (Lipinski definition) is 4. The Morgan fingerprint density at radius 3 is 2.04 bits per heavy atom. The van der Waals surface area contributed by atoms with E-state index in [1.165, 1.54) is 4.90 Å². The van der Waals surface area contributed by atoms with Crippen molar-refractivity contribution in [1.29, 1.82) is 0 Å². The minimum atomic E-state index is -4.72. The van der Waals surface area contributed by atoms with Gasteiger partial charge in [-0.1, -0.05) is 27.7 Å². The molecule has 1 saturated heterocycles. The largest absolute Gasteiger partial charge is 0.444 e. The summed E-state index contributed by atoms with van der Waals surface area (Å²) < 4.78 is 42.7. The Labute approximate surface area is 143 Å². The van der Waals surface area contributed by atoms with Gasteiger partial charge in [0.05, 0.1) is 6.04 Å². The Kier molecular flexibility index (Phi) is 11.3. The minimum Gasteiger partial charge on any atom is -0.444 e. The van der Waals surface area contributed by atoms with Gasteiger partial charge in [0, 0.05) is 19.1 Å². The number of rotatable bonds is 1. The molecule has 146 valence electrons. The maximum atomic E-state index is 12.5. The maximum Gasteiger partial charge on any atom is 0.415 e. The van der Waals surface area contributed by atoms with Gasteiger partial charge in [0.15, 0.2) is 6.10 Å². The molecule has 8 heteroatoms. The lowest BCUT2D eigenvalue weighted by Gasteiger charge is -2.40. The minimum absolute atomic E-state index is 0.164. The zero-order valence-electron chi connectivity index (χ0n) is 16.0. The predicted molar refractivity (Wildman–Crippen MR) is 89.0 cm³/mol. The van der Waals surface area contributed by atoms with Crippen molar-refractivity contribution in [2.45, 2.75) is 85.4 Å². The van der Waals surface area contributed by atoms with Crippen molar-refractivity contribution in [3.8, 4) is 0 Å². The van der Waals surface area contributed by atoms with Crippen LogP contribution in [0.3, 0.4) is 0 Å². The number of aliphatic hydroxyl groups excluding tert-OH is 1. The molecule has 2 N–H and O–H groups in total. The van der Waals surface area contributed by atoms with E-state index >= 15 is 0 Å². The normalized spacial score (nSPS) is 22.4. The second kappa shape index (κ2) is 10.8. The summed E-state index contributed by atoms with van der Waals surface area (Å²) in [4.78, 5) is 13.2. The standard InChI is InChI=1S/C12H21F3N2O3.2C2H6/c1-7-5-16-8(9(18)12(13,14)15)6-17(7)10(19)20-11(2,3)4;2*1-2/h7-9,16,18H,5-6H2,1-4H3;2*1-2H3. The Balaban J connectivity index is 0. The molecule has 1 aliphatic heterocycles. The van der Waals surface area contributed by atoms with Crippen molar-refractivity contribution in [3.05, 3.63) is 0 Å². The van der Waals surface area contributed by atoms with Gasteiger partial charge >= 0.3 is 12.3 Å². The first-order valence-corrected chi connectivity index (χ1v) is 8.39. The molecule has 1 heterocycles. The van der Waals surface area contributed by atoms with E-state index in [-0.39, 0.29) is 19.1 Å². The molecule has 0 spiro atoms. The highest BCUT2D eigenvalue weighted by atomic mass is 19.4. The van der Waals surface area contributed by atoms with E-state index in [1.807, 2.05) is 27.7 Å². The number of alkyl halides is 3. The van der Waals surface area contributed by atoms with Gasteiger partial charge in [-0.2, -0.15) is 13.2 Å². The summed E-state index contributed by atoms with van der Waals surface area (Å²) in [5, 5.41) is 11.9. The van der Waals surface area contributed by atoms with E-state index in [0.717, 1.165) is 0 Å². The fraction of sp³-hybridized carbons (Fsp3) is 0.938. The van der Waals surface area contributed by atoms with Crippen LogP contribution in [0.5, 0.6) is 0 Å². The summed E-state index contributed by atoms with van der Waals surface area (Å²) in [6.07, 6.45) is -7.91. The molecule has 1 fully saturated rings. The SMILES string of the molecule is CC.CC.CC1CNC(C(O)C(F)(F)F)CN1C(=O)OC(C)(C)C. The molecule has 0 aromatic rings. The van der Waals surface area contributed by atoms with Gasteiger partial charge in [-0.25, -0.2) is 4.79 Å². The van der Waals surface area contributed by atoms with Gasteiger partial charge in [-0.15, -0.1) is 0 Å². The van der Waals surface area contributed by atoms with Gasteiger partial charge in [-0.3, -0.25) is 0 Å². The number of carbonyl (C=O) groups is 1. The summed E-state index contributed by atoms with van der Waals surface area (Å²) in [5.74, 6) is 0. The lowest BCUT2D eigenvalue weighted by Crippen LogP contribution is -2.63. The molecule has 0 aromatic heterocycles. The Bertz CT molecular complexity index is 357. The van der Waals surface area contributed by atoms with E-state index in [2.05, 4.69) is 5.32 Å². The highest BCUT2D eigenvalue weighted by Crippen LogP contribution is 2.25. The predicted octanol–water partition coefficient (Wildman–Crippen LogP) is 3.56. The highest BCUT2D eigenvalue weighted by molar-refractivity contribution is 5.68. The van der Waals surface area contributed by atoms with Crippen LogP contribution in [0.25, 0.3) is 0 Å². The van der Waals surface area contributed by atoms with Crippen LogP contribution < -0.4 is 5.32 Å². The van der Waals surface area contributed by atoms with Crippen molar-refractivity contribution in [2.75, 3.05) is 13.1 Å². The molecule has 0 bridgehead atoms. The number of amides is 1. The number of nitrogens with zero attached hydrogens (tertiary/aromatic N) is 1. The van der Waals surface area contributed by atoms with Gasteiger partial charge in [0.2, 0.25) is 0 Å². The number of nitrogens with one attached hydrogen (secondary N) is 1. The third-order valence-electron chi connectivity index (χ3n) is 2.95. The summed E-state index contributed by atoms with van der Waals surface area (Å²) in [6, 6.07) is -1.56. The average Bonchev–Trinajstić information content (AvgIpc) is 2.48. The topological polar surface area (TPSA) is 61.8 Å². The molecule has 3 atom stereocenters. The molecule has 1 aliphatic rings. The molecule has 1 rings (SSSR count). The van der Waals surface area contributed by atoms with E-state index in [9.17, 15) is 23.1 Å². The third kappa shape index (κ3) is 8.73. The van der Waals surface area contributed by atoms with Crippen molar-refractivity contribution in [2.24, 2.45) is 0 Å². The molecule has 0 radical (unpaired) electrons. The number of hydrogen-bond donors (Lipinski definition) is 2. The van der Waals surface area contributed by atoms with Gasteiger partial charge in [-0.05, 0) is 27.7 Å². The molecule has 0 aromatic carbocycles. The highest BCUT2D eigenvalue weighted by Gasteiger charge is 2.46. The molecule has 5 nitrogen and oxygen atoms in total. The first-order chi connectivity index (χ1) is 10.9. The lowest BCUT2D eigenvalue weighted by atomic mass is 10.1. The molecule has 1 amide bonds. The summed E-state index contributed by atoms with van der Waals surface area (Å²) in [5.41, 5.74) is -0.722. The number of carbonyl (C=O) groups excluding carboxylic acids is 1. The molecular formula is C16H33F3N2O3. The second-order valence-corrected chi connectivity index (χ2v) is 5.98. The van der Waals surface area contributed by atoms with Crippen LogP contribution in [0.2, 0.25) is 0 Å². The third-order valence-corrected chi connectivity index (χ3v) is 2.95. The zero-order valence-corrected chi connectivity index (χ0v) is 16.0. The molecule has 24 heavy (non-hydrogen) atoms. The maximum absolute atomic E-state index is 12.5. The van der Waals surface area contributed by atoms with Crippen molar-refractivity contribution >= 4 is 6.09 Å². The molecule has 0 aliphatic carbocycles. The monoisotopic (exact) mass is 358 g/mol. The summed E-state index contributed by atoms with van der Waals surface area (Å²) >= 11 is 0. The smallest absolute Gasteiger partial charge is 0.415 e. The first-order valence-electron chi connectivity index (χ1n) is 8.39. The van der Waals surface area contributed by atoms with E-state index in [1.54, 1.807) is 27.7 Å². The van der Waals surface area contributed by atoms with Crippen molar-refractivity contribution in [1.82, 2.24) is 10.2 Å². The average molecular weight is 358 g/mol. The van der Waals surface area contributed by atoms with Crippen LogP contribution in [0.1, 0.15) is 55.4 Å². The number of halogens is 3. The van der Waals surface area contributed by atoms with Crippen LogP contribution in [-0.4, -0.2) is 59.2 Å². The summed E-state index contributed by atoms with van der Waals surface area (Å²) in [6.45, 7) is 14.7. The number of aliphatic hydroxyl groups is 1. The second-order valence-electron chi connectivity index (χ2n) is 5.98. The lowest BCUT2D eigenvalue weighted by molar-refractivity contribution is -0.215. The van der Waals surface area contributed by atoms with E-state index in [4.69, 9.17) is 4.74 Å². The zero-order chi connectivity index (χ0) is 19.7. The van der Waals surface area contributed by atoms with Crippen LogP contribution in [0, 0.1) is 0 Å². The Morgan fingerprint density at radius 1 is 1.21 bits per heavy atom. The summed E-state index contributed by atoms with van der Waals surface area (Å²) in [7, 11) is 0. The van der Waals surface area contributed by atoms with Gasteiger partial charge in [0.25, 0.3) is 0 Å². The van der Waals surface area contributed by atoms with E-state index in [0.29, 0.717) is 0 Å². The quantitative estimate of drug-likeness (QED) is 0.752. The Morgan fingerprint density at radius 2 is 1.67 bits per heavy atom. The molecule has 3 unspecified atom stereocenters. The fourth-order valence-electron chi connectivity index (χ4n) is 1.90.